The Labute approximate surface area is 96.0 Å². The van der Waals surface area contributed by atoms with Crippen molar-refractivity contribution in [3.8, 4) is 0 Å². The second kappa shape index (κ2) is 3.23. The average molecular weight is 257 g/mol. The summed E-state index contributed by atoms with van der Waals surface area (Å²) in [6, 6.07) is 0. The van der Waals surface area contributed by atoms with Gasteiger partial charge < -0.3 is 0 Å². The third kappa shape index (κ3) is 1.11. The van der Waals surface area contributed by atoms with E-state index in [9.17, 15) is 0 Å². The van der Waals surface area contributed by atoms with E-state index in [0.717, 1.165) is 16.7 Å². The first-order valence-corrected chi connectivity index (χ1v) is 7.51. The Hall–Kier alpha value is 0.480. The Bertz CT molecular complexity index is 229. The van der Waals surface area contributed by atoms with Crippen LogP contribution in [0.2, 0.25) is 0 Å². The maximum absolute atomic E-state index is 3.72. The Morgan fingerprint density at radius 1 is 0.929 bits per heavy atom. The van der Waals surface area contributed by atoms with Crippen molar-refractivity contribution in [2.75, 3.05) is 5.33 Å². The van der Waals surface area contributed by atoms with Gasteiger partial charge in [0.15, 0.2) is 0 Å². The highest BCUT2D eigenvalue weighted by molar-refractivity contribution is 9.09. The van der Waals surface area contributed by atoms with Crippen molar-refractivity contribution in [3.63, 3.8) is 0 Å². The summed E-state index contributed by atoms with van der Waals surface area (Å²) in [6.45, 7) is 0. The average Bonchev–Trinajstić information content (AvgIpc) is 2.73. The van der Waals surface area contributed by atoms with E-state index in [1.54, 1.807) is 32.1 Å². The zero-order chi connectivity index (χ0) is 9.65. The van der Waals surface area contributed by atoms with Gasteiger partial charge in [0.05, 0.1) is 0 Å². The monoisotopic (exact) mass is 256 g/mol. The molecule has 3 aliphatic rings. The van der Waals surface area contributed by atoms with Gasteiger partial charge in [-0.05, 0) is 48.9 Å². The van der Waals surface area contributed by atoms with E-state index in [4.69, 9.17) is 0 Å². The van der Waals surface area contributed by atoms with Crippen LogP contribution < -0.4 is 0 Å². The van der Waals surface area contributed by atoms with Crippen LogP contribution in [0.1, 0.15) is 57.8 Å². The van der Waals surface area contributed by atoms with Crippen LogP contribution in [0.4, 0.5) is 0 Å². The summed E-state index contributed by atoms with van der Waals surface area (Å²) in [7, 11) is 0. The van der Waals surface area contributed by atoms with Crippen molar-refractivity contribution in [1.82, 2.24) is 0 Å². The largest absolute Gasteiger partial charge is 0.0925 e. The smallest absolute Gasteiger partial charge is 0.00653 e. The minimum atomic E-state index is 0.823. The highest BCUT2D eigenvalue weighted by Crippen LogP contribution is 2.74. The summed E-state index contributed by atoms with van der Waals surface area (Å²) < 4.78 is 0. The molecule has 3 rings (SSSR count). The Morgan fingerprint density at radius 2 is 1.50 bits per heavy atom. The Morgan fingerprint density at radius 3 is 2.00 bits per heavy atom. The Balaban J connectivity index is 1.87. The molecule has 80 valence electrons. The third-order valence-corrected chi connectivity index (χ3v) is 6.34. The molecular formula is C13H21Br. The summed E-state index contributed by atoms with van der Waals surface area (Å²) in [5.41, 5.74) is 1.65. The molecule has 2 spiro atoms. The number of fused-ring (bicyclic) bond motifs is 1. The van der Waals surface area contributed by atoms with Gasteiger partial charge in [-0.15, -0.1) is 0 Å². The van der Waals surface area contributed by atoms with Gasteiger partial charge in [0.25, 0.3) is 0 Å². The first-order valence-electron chi connectivity index (χ1n) is 6.39. The molecule has 0 aromatic heterocycles. The lowest BCUT2D eigenvalue weighted by Crippen LogP contribution is -2.34. The van der Waals surface area contributed by atoms with Crippen molar-refractivity contribution in [2.45, 2.75) is 57.8 Å². The van der Waals surface area contributed by atoms with Crippen LogP contribution >= 0.6 is 15.9 Å². The van der Waals surface area contributed by atoms with E-state index in [-0.39, 0.29) is 0 Å². The minimum absolute atomic E-state index is 0.823. The van der Waals surface area contributed by atoms with Gasteiger partial charge in [-0.3, -0.25) is 0 Å². The number of rotatable bonds is 1. The molecule has 2 atom stereocenters. The molecule has 1 heteroatoms. The molecule has 14 heavy (non-hydrogen) atoms. The zero-order valence-corrected chi connectivity index (χ0v) is 10.6. The fourth-order valence-corrected chi connectivity index (χ4v) is 5.60. The van der Waals surface area contributed by atoms with Crippen LogP contribution in [0.15, 0.2) is 0 Å². The molecule has 0 heterocycles. The van der Waals surface area contributed by atoms with Crippen LogP contribution in [0, 0.1) is 16.7 Å². The molecule has 3 saturated carbocycles. The first-order chi connectivity index (χ1) is 6.83. The molecule has 0 N–H and O–H groups in total. The van der Waals surface area contributed by atoms with E-state index in [1.807, 2.05) is 0 Å². The van der Waals surface area contributed by atoms with E-state index in [1.165, 1.54) is 31.0 Å². The van der Waals surface area contributed by atoms with Crippen molar-refractivity contribution in [3.05, 3.63) is 0 Å². The maximum Gasteiger partial charge on any atom is 0.00653 e. The molecule has 0 saturated heterocycles. The van der Waals surface area contributed by atoms with Crippen molar-refractivity contribution < 1.29 is 0 Å². The standard InChI is InChI=1S/C13H21Br/c14-10-11-9-13(11)8-4-3-7-12(13)5-1-2-6-12/h11H,1-10H2. The lowest BCUT2D eigenvalue weighted by atomic mass is 9.61. The van der Waals surface area contributed by atoms with Crippen molar-refractivity contribution in [2.24, 2.45) is 16.7 Å². The van der Waals surface area contributed by atoms with Crippen molar-refractivity contribution >= 4 is 15.9 Å². The topological polar surface area (TPSA) is 0 Å². The second-order valence-corrected chi connectivity index (χ2v) is 6.55. The second-order valence-electron chi connectivity index (χ2n) is 5.91. The van der Waals surface area contributed by atoms with E-state index in [0.29, 0.717) is 0 Å². The number of hydrogen-bond acceptors (Lipinski definition) is 0. The van der Waals surface area contributed by atoms with E-state index in [2.05, 4.69) is 15.9 Å². The molecule has 0 bridgehead atoms. The summed E-state index contributed by atoms with van der Waals surface area (Å²) >= 11 is 3.72. The lowest BCUT2D eigenvalue weighted by Gasteiger charge is -2.43. The highest BCUT2D eigenvalue weighted by Gasteiger charge is 2.65. The third-order valence-electron chi connectivity index (χ3n) is 5.56. The van der Waals surface area contributed by atoms with Gasteiger partial charge in [0.1, 0.15) is 0 Å². The summed E-state index contributed by atoms with van der Waals surface area (Å²) in [6.07, 6.45) is 13.9. The highest BCUT2D eigenvalue weighted by atomic mass is 79.9. The molecular weight excluding hydrogens is 236 g/mol. The first kappa shape index (κ1) is 9.69. The Kier molecular flexibility index (Phi) is 2.24. The summed E-state index contributed by atoms with van der Waals surface area (Å²) in [5, 5.41) is 1.27. The predicted octanol–water partition coefficient (Wildman–Crippen LogP) is 4.52. The van der Waals surface area contributed by atoms with Gasteiger partial charge in [-0.2, -0.15) is 0 Å². The quantitative estimate of drug-likeness (QED) is 0.606. The number of alkyl halides is 1. The number of hydrogen-bond donors (Lipinski definition) is 0. The molecule has 0 aliphatic heterocycles. The van der Waals surface area contributed by atoms with Crippen LogP contribution in [0.25, 0.3) is 0 Å². The van der Waals surface area contributed by atoms with Gasteiger partial charge in [-0.25, -0.2) is 0 Å². The molecule has 0 aromatic carbocycles. The lowest BCUT2D eigenvalue weighted by molar-refractivity contribution is 0.0674. The van der Waals surface area contributed by atoms with E-state index < -0.39 is 0 Å². The molecule has 2 unspecified atom stereocenters. The van der Waals surface area contributed by atoms with Crippen LogP contribution in [-0.2, 0) is 0 Å². The molecule has 0 radical (unpaired) electrons. The molecule has 3 fully saturated rings. The van der Waals surface area contributed by atoms with Gasteiger partial charge >= 0.3 is 0 Å². The summed E-state index contributed by atoms with van der Waals surface area (Å²) in [5.74, 6) is 1.04. The molecule has 0 nitrogen and oxygen atoms in total. The number of halogens is 1. The minimum Gasteiger partial charge on any atom is -0.0925 e. The van der Waals surface area contributed by atoms with E-state index >= 15 is 0 Å². The fraction of sp³-hybridized carbons (Fsp3) is 1.00. The predicted molar refractivity (Wildman–Crippen MR) is 63.7 cm³/mol. The molecule has 3 aliphatic carbocycles. The van der Waals surface area contributed by atoms with Crippen molar-refractivity contribution in [1.29, 1.82) is 0 Å². The molecule has 0 amide bonds. The van der Waals surface area contributed by atoms with Crippen LogP contribution in [0.5, 0.6) is 0 Å². The van der Waals surface area contributed by atoms with Crippen LogP contribution in [-0.4, -0.2) is 5.33 Å². The van der Waals surface area contributed by atoms with Gasteiger partial charge in [-0.1, -0.05) is 41.6 Å². The molecule has 0 aromatic rings. The maximum atomic E-state index is 3.72. The van der Waals surface area contributed by atoms with Gasteiger partial charge in [0.2, 0.25) is 0 Å². The van der Waals surface area contributed by atoms with Gasteiger partial charge in [0, 0.05) is 5.33 Å². The fourth-order valence-electron chi connectivity index (χ4n) is 4.76. The normalized spacial score (nSPS) is 44.8. The summed E-state index contributed by atoms with van der Waals surface area (Å²) in [4.78, 5) is 0. The zero-order valence-electron chi connectivity index (χ0n) is 9.03. The SMILES string of the molecule is BrCC1CC12CCCCC21CCCC1. The van der Waals surface area contributed by atoms with Crippen LogP contribution in [0.3, 0.4) is 0 Å².